The minimum absolute atomic E-state index is 0.0423. The Morgan fingerprint density at radius 1 is 1.32 bits per heavy atom. The van der Waals surface area contributed by atoms with E-state index in [0.717, 1.165) is 24.1 Å². The van der Waals surface area contributed by atoms with Gasteiger partial charge in [0.15, 0.2) is 5.78 Å². The summed E-state index contributed by atoms with van der Waals surface area (Å²) in [6.45, 7) is 0.455. The molecule has 0 atom stereocenters. The molecule has 5 heteroatoms. The molecule has 3 N–H and O–H groups in total. The molecule has 3 rings (SSSR count). The molecule has 2 aromatic rings. The van der Waals surface area contributed by atoms with Gasteiger partial charge >= 0.3 is 0 Å². The van der Waals surface area contributed by atoms with Gasteiger partial charge in [0, 0.05) is 24.9 Å². The van der Waals surface area contributed by atoms with Gasteiger partial charge in [0.2, 0.25) is 0 Å². The normalized spacial score (nSPS) is 13.7. The maximum Gasteiger partial charge on any atom is 0.253 e. The Balaban J connectivity index is 1.63. The number of H-pyrrole nitrogens is 1. The summed E-state index contributed by atoms with van der Waals surface area (Å²) in [5, 5.41) is 12.2. The van der Waals surface area contributed by atoms with Crippen molar-refractivity contribution < 1.29 is 14.7 Å². The van der Waals surface area contributed by atoms with Crippen molar-refractivity contribution in [2.24, 2.45) is 0 Å². The van der Waals surface area contributed by atoms with Crippen LogP contribution in [0.15, 0.2) is 30.5 Å². The van der Waals surface area contributed by atoms with Gasteiger partial charge in [0.25, 0.3) is 5.91 Å². The average molecular weight is 298 g/mol. The number of hydrogen-bond donors (Lipinski definition) is 3. The number of aromatic hydroxyl groups is 1. The fourth-order valence-electron chi connectivity index (χ4n) is 2.84. The lowest BCUT2D eigenvalue weighted by atomic mass is 9.93. The van der Waals surface area contributed by atoms with Crippen LogP contribution in [0.3, 0.4) is 0 Å². The van der Waals surface area contributed by atoms with Crippen LogP contribution in [0, 0.1) is 0 Å². The number of aromatic nitrogens is 1. The quantitative estimate of drug-likeness (QED) is 0.809. The first kappa shape index (κ1) is 14.4. The maximum absolute atomic E-state index is 12.2. The molecule has 1 heterocycles. The summed E-state index contributed by atoms with van der Waals surface area (Å²) in [6.07, 6.45) is 4.41. The molecule has 0 fully saturated rings. The van der Waals surface area contributed by atoms with Gasteiger partial charge in [0.05, 0.1) is 11.1 Å². The lowest BCUT2D eigenvalue weighted by molar-refractivity contribution is 0.0928. The molecule has 1 aromatic carbocycles. The molecule has 0 unspecified atom stereocenters. The summed E-state index contributed by atoms with van der Waals surface area (Å²) in [7, 11) is 0. The van der Waals surface area contributed by atoms with Gasteiger partial charge in [-0.05, 0) is 37.0 Å². The third kappa shape index (κ3) is 2.88. The van der Waals surface area contributed by atoms with E-state index in [1.165, 1.54) is 0 Å². The fraction of sp³-hybridized carbons (Fsp3) is 0.294. The van der Waals surface area contributed by atoms with Gasteiger partial charge in [0.1, 0.15) is 5.75 Å². The van der Waals surface area contributed by atoms with Crippen LogP contribution < -0.4 is 5.32 Å². The Labute approximate surface area is 128 Å². The Morgan fingerprint density at radius 2 is 2.18 bits per heavy atom. The highest BCUT2D eigenvalue weighted by molar-refractivity contribution is 6.09. The monoisotopic (exact) mass is 298 g/mol. The van der Waals surface area contributed by atoms with Crippen LogP contribution in [0.4, 0.5) is 0 Å². The number of carbonyl (C=O) groups excluding carboxylic acids is 2. The van der Waals surface area contributed by atoms with Crippen molar-refractivity contribution >= 4 is 11.7 Å². The molecule has 0 bridgehead atoms. The number of rotatable bonds is 4. The highest BCUT2D eigenvalue weighted by Gasteiger charge is 2.25. The summed E-state index contributed by atoms with van der Waals surface area (Å²) in [5.74, 6) is 0.0302. The number of aromatic amines is 1. The largest absolute Gasteiger partial charge is 0.508 e. The molecule has 0 saturated heterocycles. The number of fused-ring (bicyclic) bond motifs is 1. The van der Waals surface area contributed by atoms with Gasteiger partial charge in [-0.3, -0.25) is 9.59 Å². The molecule has 1 amide bonds. The molecule has 114 valence electrons. The van der Waals surface area contributed by atoms with Crippen molar-refractivity contribution in [1.29, 1.82) is 0 Å². The van der Waals surface area contributed by atoms with Crippen molar-refractivity contribution in [3.63, 3.8) is 0 Å². The summed E-state index contributed by atoms with van der Waals surface area (Å²) in [4.78, 5) is 27.3. The molecule has 1 aromatic heterocycles. The van der Waals surface area contributed by atoms with Gasteiger partial charge in [-0.2, -0.15) is 0 Å². The van der Waals surface area contributed by atoms with Crippen LogP contribution in [-0.4, -0.2) is 28.3 Å². The zero-order chi connectivity index (χ0) is 15.5. The van der Waals surface area contributed by atoms with Crippen LogP contribution >= 0.6 is 0 Å². The lowest BCUT2D eigenvalue weighted by Crippen LogP contribution is -2.27. The number of aryl methyl sites for hydroxylation is 1. The van der Waals surface area contributed by atoms with Crippen molar-refractivity contribution in [3.8, 4) is 5.75 Å². The highest BCUT2D eigenvalue weighted by Crippen LogP contribution is 2.23. The molecule has 0 radical (unpaired) electrons. The fourth-order valence-corrected chi connectivity index (χ4v) is 2.84. The molecule has 0 spiro atoms. The highest BCUT2D eigenvalue weighted by atomic mass is 16.3. The summed E-state index contributed by atoms with van der Waals surface area (Å²) in [5.41, 5.74) is 2.82. The number of Topliss-reactive ketones (excluding diaryl/α,β-unsaturated/α-hetero) is 1. The zero-order valence-electron chi connectivity index (χ0n) is 12.2. The number of ketones is 1. The molecule has 1 aliphatic carbocycles. The number of carbonyl (C=O) groups is 2. The Hall–Kier alpha value is -2.56. The smallest absolute Gasteiger partial charge is 0.253 e. The third-order valence-corrected chi connectivity index (χ3v) is 3.93. The van der Waals surface area contributed by atoms with Gasteiger partial charge in [-0.25, -0.2) is 0 Å². The first-order valence-electron chi connectivity index (χ1n) is 7.44. The minimum Gasteiger partial charge on any atom is -0.508 e. The van der Waals surface area contributed by atoms with E-state index in [2.05, 4.69) is 10.3 Å². The third-order valence-electron chi connectivity index (χ3n) is 3.93. The number of hydrogen-bond acceptors (Lipinski definition) is 3. The molecule has 1 aliphatic rings. The second-order valence-corrected chi connectivity index (χ2v) is 5.51. The summed E-state index contributed by atoms with van der Waals surface area (Å²) < 4.78 is 0. The predicted molar refractivity (Wildman–Crippen MR) is 82.2 cm³/mol. The SMILES string of the molecule is O=C(NCCc1cccc(O)c1)c1c[nH]c2c1C(=O)CCC2. The van der Waals surface area contributed by atoms with Crippen LogP contribution in [0.25, 0.3) is 0 Å². The number of amides is 1. The second-order valence-electron chi connectivity index (χ2n) is 5.51. The van der Waals surface area contributed by atoms with Crippen molar-refractivity contribution in [3.05, 3.63) is 52.8 Å². The molecule has 5 nitrogen and oxygen atoms in total. The van der Waals surface area contributed by atoms with Crippen molar-refractivity contribution in [2.45, 2.75) is 25.7 Å². The molecule has 0 saturated carbocycles. The summed E-state index contributed by atoms with van der Waals surface area (Å²) >= 11 is 0. The van der Waals surface area contributed by atoms with E-state index in [9.17, 15) is 14.7 Å². The lowest BCUT2D eigenvalue weighted by Gasteiger charge is -2.11. The van der Waals surface area contributed by atoms with E-state index in [0.29, 0.717) is 30.5 Å². The molecular formula is C17H18N2O3. The van der Waals surface area contributed by atoms with E-state index < -0.39 is 0 Å². The van der Waals surface area contributed by atoms with E-state index >= 15 is 0 Å². The number of benzene rings is 1. The van der Waals surface area contributed by atoms with E-state index in [4.69, 9.17) is 0 Å². The molecule has 22 heavy (non-hydrogen) atoms. The second kappa shape index (κ2) is 6.05. The van der Waals surface area contributed by atoms with Crippen LogP contribution in [0.5, 0.6) is 5.75 Å². The van der Waals surface area contributed by atoms with E-state index in [-0.39, 0.29) is 17.4 Å². The van der Waals surface area contributed by atoms with Crippen LogP contribution in [-0.2, 0) is 12.8 Å². The average Bonchev–Trinajstić information content (AvgIpc) is 2.93. The van der Waals surface area contributed by atoms with Crippen LogP contribution in [0.1, 0.15) is 44.8 Å². The van der Waals surface area contributed by atoms with Gasteiger partial charge in [-0.15, -0.1) is 0 Å². The number of phenols is 1. The van der Waals surface area contributed by atoms with Crippen LogP contribution in [0.2, 0.25) is 0 Å². The zero-order valence-corrected chi connectivity index (χ0v) is 12.2. The number of nitrogens with one attached hydrogen (secondary N) is 2. The molecular weight excluding hydrogens is 280 g/mol. The predicted octanol–water partition coefficient (Wildman–Crippen LogP) is 2.21. The molecule has 0 aliphatic heterocycles. The first-order chi connectivity index (χ1) is 10.6. The van der Waals surface area contributed by atoms with Crippen molar-refractivity contribution in [1.82, 2.24) is 10.3 Å². The minimum atomic E-state index is -0.229. The van der Waals surface area contributed by atoms with Crippen molar-refractivity contribution in [2.75, 3.05) is 6.54 Å². The standard InChI is InChI=1S/C17H18N2O3/c20-12-4-1-3-11(9-12)7-8-18-17(22)13-10-19-14-5-2-6-15(21)16(13)14/h1,3-4,9-10,19-20H,2,5-8H2,(H,18,22). The summed E-state index contributed by atoms with van der Waals surface area (Å²) in [6, 6.07) is 6.95. The first-order valence-corrected chi connectivity index (χ1v) is 7.44. The Bertz CT molecular complexity index is 718. The van der Waals surface area contributed by atoms with Gasteiger partial charge in [-0.1, -0.05) is 12.1 Å². The topological polar surface area (TPSA) is 82.2 Å². The Morgan fingerprint density at radius 3 is 3.00 bits per heavy atom. The number of phenolic OH excluding ortho intramolecular Hbond substituents is 1. The maximum atomic E-state index is 12.2. The van der Waals surface area contributed by atoms with Gasteiger partial charge < -0.3 is 15.4 Å². The van der Waals surface area contributed by atoms with E-state index in [1.807, 2.05) is 6.07 Å². The van der Waals surface area contributed by atoms with E-state index in [1.54, 1.807) is 24.4 Å². The Kier molecular flexibility index (Phi) is 3.96.